The highest BCUT2D eigenvalue weighted by molar-refractivity contribution is 7.91. The van der Waals surface area contributed by atoms with Crippen LogP contribution < -0.4 is 5.32 Å². The first kappa shape index (κ1) is 25.4. The van der Waals surface area contributed by atoms with Gasteiger partial charge >= 0.3 is 0 Å². The normalized spacial score (nSPS) is 32.9. The molecule has 0 aromatic carbocycles. The van der Waals surface area contributed by atoms with Crippen molar-refractivity contribution < 1.29 is 30.7 Å². The largest absolute Gasteiger partial charge is 0.482 e. The van der Waals surface area contributed by atoms with Crippen molar-refractivity contribution in [2.45, 2.75) is 71.6 Å². The Bertz CT molecular complexity index is 1470. The molecule has 2 aliphatic carbocycles. The Labute approximate surface area is 212 Å². The van der Waals surface area contributed by atoms with E-state index in [0.717, 1.165) is 12.0 Å². The number of nitrogens with zero attached hydrogens (tertiary/aromatic N) is 1. The number of fused-ring (bicyclic) bond motifs is 4. The third kappa shape index (κ3) is 4.09. The van der Waals surface area contributed by atoms with Gasteiger partial charge in [0.2, 0.25) is 0 Å². The molecular formula is C25H32N2O7S2. The predicted octanol–water partition coefficient (Wildman–Crippen LogP) is 3.67. The fourth-order valence-corrected chi connectivity index (χ4v) is 8.10. The van der Waals surface area contributed by atoms with Gasteiger partial charge in [-0.1, -0.05) is 26.0 Å². The van der Waals surface area contributed by atoms with Crippen LogP contribution in [0.15, 0.2) is 61.2 Å². The summed E-state index contributed by atoms with van der Waals surface area (Å²) in [4.78, 5) is 3.83. The van der Waals surface area contributed by atoms with Gasteiger partial charge in [-0.25, -0.2) is 0 Å². The molecule has 5 aliphatic rings. The van der Waals surface area contributed by atoms with Gasteiger partial charge in [-0.05, 0) is 75.2 Å². The zero-order valence-electron chi connectivity index (χ0n) is 21.2. The van der Waals surface area contributed by atoms with Crippen molar-refractivity contribution in [2.24, 2.45) is 22.7 Å². The van der Waals surface area contributed by atoms with E-state index in [4.69, 9.17) is 4.74 Å². The van der Waals surface area contributed by atoms with Crippen molar-refractivity contribution in [3.63, 3.8) is 0 Å². The van der Waals surface area contributed by atoms with Crippen LogP contribution in [-0.4, -0.2) is 48.8 Å². The standard InChI is InChI=1S/C25H32N2O7S2/c1-12-10-24(3,4)26-18-16(12)8-14-7-15-9-17-13(2)11-25(5,6)27-19(17)23(36(31,32)33)21(15)34-20(14)22(18)35(28,29)30/h7-9,12-14,21,27H,10-11H2,1-6H3,(H,28,29,30)(H,31,32,33). The summed E-state index contributed by atoms with van der Waals surface area (Å²) in [5, 5.41) is 3.24. The molecule has 11 heteroatoms. The Hall–Kier alpha value is -2.21. The summed E-state index contributed by atoms with van der Waals surface area (Å²) in [5.41, 5.74) is 1.37. The molecule has 0 bridgehead atoms. The summed E-state index contributed by atoms with van der Waals surface area (Å²) < 4.78 is 77.6. The van der Waals surface area contributed by atoms with Crippen LogP contribution in [0.4, 0.5) is 0 Å². The fraction of sp³-hybridized carbons (Fsp3) is 0.560. The van der Waals surface area contributed by atoms with Crippen LogP contribution in [-0.2, 0) is 25.0 Å². The maximum Gasteiger partial charge on any atom is 0.300 e. The number of aliphatic imine (C=N–C) groups is 1. The van der Waals surface area contributed by atoms with E-state index in [1.165, 1.54) is 0 Å². The Balaban J connectivity index is 1.78. The van der Waals surface area contributed by atoms with Crippen LogP contribution in [0.25, 0.3) is 0 Å². The lowest BCUT2D eigenvalue weighted by molar-refractivity contribution is 0.147. The molecule has 4 atom stereocenters. The molecule has 196 valence electrons. The molecule has 3 heterocycles. The molecule has 0 spiro atoms. The Morgan fingerprint density at radius 3 is 2.22 bits per heavy atom. The molecule has 1 saturated heterocycles. The van der Waals surface area contributed by atoms with E-state index < -0.39 is 48.2 Å². The lowest BCUT2D eigenvalue weighted by Gasteiger charge is -2.45. The Morgan fingerprint density at radius 1 is 0.972 bits per heavy atom. The van der Waals surface area contributed by atoms with E-state index in [1.54, 1.807) is 6.08 Å². The Kier molecular flexibility index (Phi) is 5.41. The average Bonchev–Trinajstić information content (AvgIpc) is 2.66. The topological polar surface area (TPSA) is 142 Å². The zero-order valence-corrected chi connectivity index (χ0v) is 22.8. The van der Waals surface area contributed by atoms with Crippen LogP contribution in [0.2, 0.25) is 0 Å². The quantitative estimate of drug-likeness (QED) is 0.454. The molecule has 0 radical (unpaired) electrons. The van der Waals surface area contributed by atoms with Gasteiger partial charge in [-0.3, -0.25) is 14.1 Å². The molecule has 1 fully saturated rings. The molecule has 0 saturated carbocycles. The lowest BCUT2D eigenvalue weighted by Crippen LogP contribution is -2.49. The highest BCUT2D eigenvalue weighted by Crippen LogP contribution is 2.49. The maximum atomic E-state index is 12.7. The summed E-state index contributed by atoms with van der Waals surface area (Å²) in [6, 6.07) is 0. The summed E-state index contributed by atoms with van der Waals surface area (Å²) in [7, 11) is -9.54. The number of hydrogen-bond donors (Lipinski definition) is 3. The second-order valence-corrected chi connectivity index (χ2v) is 14.5. The summed E-state index contributed by atoms with van der Waals surface area (Å²) >= 11 is 0. The predicted molar refractivity (Wildman–Crippen MR) is 136 cm³/mol. The van der Waals surface area contributed by atoms with Gasteiger partial charge in [0.1, 0.15) is 10.7 Å². The van der Waals surface area contributed by atoms with Crippen LogP contribution in [0.1, 0.15) is 54.4 Å². The number of piperidine rings is 1. The molecule has 3 N–H and O–H groups in total. The van der Waals surface area contributed by atoms with Gasteiger partial charge in [0, 0.05) is 5.54 Å². The van der Waals surface area contributed by atoms with E-state index in [0.29, 0.717) is 17.6 Å². The van der Waals surface area contributed by atoms with Gasteiger partial charge in [0.25, 0.3) is 20.2 Å². The minimum absolute atomic E-state index is 0.00390. The summed E-state index contributed by atoms with van der Waals surface area (Å²) in [6.45, 7) is 11.6. The minimum atomic E-state index is -4.79. The first-order chi connectivity index (χ1) is 16.4. The van der Waals surface area contributed by atoms with E-state index >= 15 is 0 Å². The van der Waals surface area contributed by atoms with E-state index in [9.17, 15) is 25.9 Å². The summed E-state index contributed by atoms with van der Waals surface area (Å²) in [5.74, 6) is -0.754. The van der Waals surface area contributed by atoms with Crippen molar-refractivity contribution in [1.29, 1.82) is 0 Å². The first-order valence-electron chi connectivity index (χ1n) is 12.0. The van der Waals surface area contributed by atoms with E-state index in [1.807, 2.05) is 53.7 Å². The van der Waals surface area contributed by atoms with Crippen LogP contribution >= 0.6 is 0 Å². The second-order valence-electron chi connectivity index (χ2n) is 11.8. The molecular weight excluding hydrogens is 504 g/mol. The molecule has 36 heavy (non-hydrogen) atoms. The minimum Gasteiger partial charge on any atom is -0.482 e. The molecule has 5 rings (SSSR count). The first-order valence-corrected chi connectivity index (χ1v) is 14.9. The number of allylic oxidation sites excluding steroid dienone is 4. The molecule has 4 unspecified atom stereocenters. The van der Waals surface area contributed by atoms with Crippen molar-refractivity contribution >= 4 is 25.9 Å². The fourth-order valence-electron chi connectivity index (χ4n) is 6.37. The lowest BCUT2D eigenvalue weighted by atomic mass is 9.75. The number of rotatable bonds is 2. The Morgan fingerprint density at radius 2 is 1.61 bits per heavy atom. The second kappa shape index (κ2) is 7.66. The molecule has 0 amide bonds. The third-order valence-corrected chi connectivity index (χ3v) is 9.37. The molecule has 0 aromatic heterocycles. The van der Waals surface area contributed by atoms with Crippen LogP contribution in [0.5, 0.6) is 0 Å². The number of ether oxygens (including phenoxy) is 1. The monoisotopic (exact) mass is 536 g/mol. The highest BCUT2D eigenvalue weighted by atomic mass is 32.2. The van der Waals surface area contributed by atoms with Gasteiger partial charge in [-0.2, -0.15) is 16.8 Å². The molecule has 3 aliphatic heterocycles. The third-order valence-electron chi connectivity index (χ3n) is 7.49. The van der Waals surface area contributed by atoms with Gasteiger partial charge < -0.3 is 10.1 Å². The SMILES string of the molecule is CC1CC(C)(C)N=C2C1=CC1C=C3C=C4C(=C(S(=O)(=O)O)C3OC1=C2S(=O)(=O)O)NC(C)(C)CC4C. The van der Waals surface area contributed by atoms with Crippen molar-refractivity contribution in [3.05, 3.63) is 56.2 Å². The summed E-state index contributed by atoms with van der Waals surface area (Å²) in [6.07, 6.45) is 5.67. The molecule has 9 nitrogen and oxygen atoms in total. The zero-order chi connectivity index (χ0) is 26.6. The van der Waals surface area contributed by atoms with E-state index in [2.05, 4.69) is 10.3 Å². The van der Waals surface area contributed by atoms with Crippen molar-refractivity contribution in [3.8, 4) is 0 Å². The van der Waals surface area contributed by atoms with Gasteiger partial charge in [0.05, 0.1) is 22.9 Å². The number of hydrogen-bond acceptors (Lipinski definition) is 7. The van der Waals surface area contributed by atoms with Gasteiger partial charge in [-0.15, -0.1) is 0 Å². The maximum absolute atomic E-state index is 12.7. The van der Waals surface area contributed by atoms with Crippen LogP contribution in [0.3, 0.4) is 0 Å². The van der Waals surface area contributed by atoms with Gasteiger partial charge in [0.15, 0.2) is 11.0 Å². The smallest absolute Gasteiger partial charge is 0.300 e. The van der Waals surface area contributed by atoms with Crippen LogP contribution in [0, 0.1) is 17.8 Å². The van der Waals surface area contributed by atoms with Crippen molar-refractivity contribution in [1.82, 2.24) is 5.32 Å². The average molecular weight is 537 g/mol. The molecule has 0 aromatic rings. The number of nitrogens with one attached hydrogen (secondary N) is 1. The highest BCUT2D eigenvalue weighted by Gasteiger charge is 2.48. The van der Waals surface area contributed by atoms with Crippen molar-refractivity contribution in [2.75, 3.05) is 0 Å². The van der Waals surface area contributed by atoms with E-state index in [-0.39, 0.29) is 33.9 Å².